The second-order valence-electron chi connectivity index (χ2n) is 4.47. The smallest absolute Gasteiger partial charge is 0.218 e. The summed E-state index contributed by atoms with van der Waals surface area (Å²) in [5.74, 6) is 0.524. The van der Waals surface area contributed by atoms with E-state index in [1.54, 1.807) is 12.3 Å². The highest BCUT2D eigenvalue weighted by molar-refractivity contribution is 6.08. The molecule has 1 aromatic carbocycles. The molecule has 1 heterocycles. The van der Waals surface area contributed by atoms with Crippen molar-refractivity contribution >= 4 is 13.6 Å². The van der Waals surface area contributed by atoms with Crippen molar-refractivity contribution < 1.29 is 9.53 Å². The van der Waals surface area contributed by atoms with Gasteiger partial charge in [0.2, 0.25) is 5.78 Å². The number of aromatic nitrogens is 1. The summed E-state index contributed by atoms with van der Waals surface area (Å²) in [5, 5.41) is 0. The van der Waals surface area contributed by atoms with Crippen LogP contribution < -0.4 is 4.74 Å². The molecule has 2 radical (unpaired) electrons. The van der Waals surface area contributed by atoms with E-state index >= 15 is 0 Å². The molecule has 20 heavy (non-hydrogen) atoms. The summed E-state index contributed by atoms with van der Waals surface area (Å²) in [6, 6.07) is 11.0. The maximum atomic E-state index is 11.9. The lowest BCUT2D eigenvalue weighted by molar-refractivity contribution is 0.0916. The van der Waals surface area contributed by atoms with E-state index in [1.807, 2.05) is 37.3 Å². The van der Waals surface area contributed by atoms with E-state index in [-0.39, 0.29) is 12.4 Å². The van der Waals surface area contributed by atoms with Crippen LogP contribution in [0.5, 0.6) is 5.75 Å². The van der Waals surface area contributed by atoms with Crippen LogP contribution in [0.2, 0.25) is 0 Å². The number of hydrogen-bond acceptors (Lipinski definition) is 3. The molecular weight excluding hydrogens is 249 g/mol. The SMILES string of the molecule is [B]Cc1ccc(OCC(=O)c2ccc(CC)cn2)cc1. The molecule has 0 spiro atoms. The molecule has 0 aliphatic rings. The van der Waals surface area contributed by atoms with E-state index in [0.717, 1.165) is 17.5 Å². The molecule has 2 rings (SSSR count). The van der Waals surface area contributed by atoms with Crippen molar-refractivity contribution in [2.75, 3.05) is 6.61 Å². The fourth-order valence-electron chi connectivity index (χ4n) is 1.74. The van der Waals surface area contributed by atoms with Crippen LogP contribution >= 0.6 is 0 Å². The number of benzene rings is 1. The summed E-state index contributed by atoms with van der Waals surface area (Å²) in [4.78, 5) is 16.1. The van der Waals surface area contributed by atoms with Gasteiger partial charge in [0.25, 0.3) is 0 Å². The lowest BCUT2D eigenvalue weighted by Gasteiger charge is -2.06. The Kier molecular flexibility index (Phi) is 4.94. The number of carbonyl (C=O) groups excluding carboxylic acids is 1. The first kappa shape index (κ1) is 14.3. The average molecular weight is 265 g/mol. The zero-order chi connectivity index (χ0) is 14.4. The largest absolute Gasteiger partial charge is 0.485 e. The molecule has 1 aromatic heterocycles. The van der Waals surface area contributed by atoms with E-state index in [0.29, 0.717) is 17.8 Å². The van der Waals surface area contributed by atoms with Crippen molar-refractivity contribution in [3.8, 4) is 5.75 Å². The lowest BCUT2D eigenvalue weighted by atomic mass is 9.97. The van der Waals surface area contributed by atoms with Crippen molar-refractivity contribution in [3.63, 3.8) is 0 Å². The number of hydrogen-bond donors (Lipinski definition) is 0. The monoisotopic (exact) mass is 265 g/mol. The molecule has 0 saturated carbocycles. The highest BCUT2D eigenvalue weighted by atomic mass is 16.5. The molecule has 0 fully saturated rings. The van der Waals surface area contributed by atoms with E-state index < -0.39 is 0 Å². The summed E-state index contributed by atoms with van der Waals surface area (Å²) in [6.45, 7) is 2.03. The summed E-state index contributed by atoms with van der Waals surface area (Å²) in [5.41, 5.74) is 2.57. The van der Waals surface area contributed by atoms with Gasteiger partial charge < -0.3 is 4.74 Å². The quantitative estimate of drug-likeness (QED) is 0.595. The first-order valence-electron chi connectivity index (χ1n) is 6.63. The Hall–Kier alpha value is -2.10. The van der Waals surface area contributed by atoms with Gasteiger partial charge in [-0.3, -0.25) is 9.78 Å². The molecule has 0 aliphatic carbocycles. The Balaban J connectivity index is 1.93. The molecule has 3 nitrogen and oxygen atoms in total. The van der Waals surface area contributed by atoms with Crippen LogP contribution in [0.4, 0.5) is 0 Å². The zero-order valence-corrected chi connectivity index (χ0v) is 11.5. The van der Waals surface area contributed by atoms with Gasteiger partial charge in [-0.2, -0.15) is 0 Å². The van der Waals surface area contributed by atoms with Crippen LogP contribution in [0, 0.1) is 0 Å². The second kappa shape index (κ2) is 6.89. The van der Waals surface area contributed by atoms with E-state index in [9.17, 15) is 4.79 Å². The number of Topliss-reactive ketones (excluding diaryl/α,β-unsaturated/α-hetero) is 1. The Labute approximate surface area is 120 Å². The third kappa shape index (κ3) is 3.70. The Morgan fingerprint density at radius 1 is 1.15 bits per heavy atom. The third-order valence-corrected chi connectivity index (χ3v) is 3.05. The maximum absolute atomic E-state index is 11.9. The highest BCUT2D eigenvalue weighted by Gasteiger charge is 2.08. The molecule has 4 heteroatoms. The molecular formula is C16H16BNO2. The summed E-state index contributed by atoms with van der Waals surface area (Å²) in [7, 11) is 5.52. The molecule has 2 aromatic rings. The predicted octanol–water partition coefficient (Wildman–Crippen LogP) is 2.57. The van der Waals surface area contributed by atoms with Crippen LogP contribution in [-0.4, -0.2) is 25.2 Å². The second-order valence-corrected chi connectivity index (χ2v) is 4.47. The van der Waals surface area contributed by atoms with Crippen LogP contribution in [0.3, 0.4) is 0 Å². The molecule has 0 amide bonds. The zero-order valence-electron chi connectivity index (χ0n) is 11.5. The Bertz CT molecular complexity index is 564. The summed E-state index contributed by atoms with van der Waals surface area (Å²) < 4.78 is 5.45. The first-order chi connectivity index (χ1) is 9.72. The minimum atomic E-state index is -0.129. The molecule has 0 unspecified atom stereocenters. The fourth-order valence-corrected chi connectivity index (χ4v) is 1.74. The van der Waals surface area contributed by atoms with Crippen molar-refractivity contribution in [1.29, 1.82) is 0 Å². The van der Waals surface area contributed by atoms with Gasteiger partial charge in [-0.25, -0.2) is 0 Å². The number of ether oxygens (including phenoxy) is 1. The van der Waals surface area contributed by atoms with Gasteiger partial charge >= 0.3 is 0 Å². The topological polar surface area (TPSA) is 39.2 Å². The minimum Gasteiger partial charge on any atom is -0.485 e. The first-order valence-corrected chi connectivity index (χ1v) is 6.63. The standard InChI is InChI=1S/C16H16BNO2/c1-2-12-5-8-15(18-10-12)16(19)11-20-14-6-3-13(9-17)4-7-14/h3-8,10H,2,9,11H2,1H3. The van der Waals surface area contributed by atoms with Crippen LogP contribution in [0.1, 0.15) is 28.5 Å². The Morgan fingerprint density at radius 3 is 2.40 bits per heavy atom. The average Bonchev–Trinajstić information content (AvgIpc) is 2.53. The minimum absolute atomic E-state index is 0.0134. The van der Waals surface area contributed by atoms with E-state index in [4.69, 9.17) is 12.6 Å². The highest BCUT2D eigenvalue weighted by Crippen LogP contribution is 2.12. The van der Waals surface area contributed by atoms with Gasteiger partial charge in [-0.15, -0.1) is 0 Å². The van der Waals surface area contributed by atoms with E-state index in [2.05, 4.69) is 4.98 Å². The fraction of sp³-hybridized carbons (Fsp3) is 0.250. The number of pyridine rings is 1. The predicted molar refractivity (Wildman–Crippen MR) is 79.3 cm³/mol. The number of nitrogens with zero attached hydrogens (tertiary/aromatic N) is 1. The van der Waals surface area contributed by atoms with Crippen molar-refractivity contribution in [1.82, 2.24) is 4.98 Å². The molecule has 0 bridgehead atoms. The van der Waals surface area contributed by atoms with Gasteiger partial charge in [0.15, 0.2) is 6.61 Å². The van der Waals surface area contributed by atoms with Crippen molar-refractivity contribution in [2.45, 2.75) is 19.7 Å². The summed E-state index contributed by atoms with van der Waals surface area (Å²) >= 11 is 0. The number of ketones is 1. The van der Waals surface area contributed by atoms with E-state index in [1.165, 1.54) is 0 Å². The van der Waals surface area contributed by atoms with Crippen LogP contribution in [-0.2, 0) is 12.7 Å². The van der Waals surface area contributed by atoms with Crippen molar-refractivity contribution in [3.05, 3.63) is 59.4 Å². The van der Waals surface area contributed by atoms with Gasteiger partial charge in [0, 0.05) is 6.20 Å². The molecule has 0 saturated heterocycles. The normalized spacial score (nSPS) is 10.2. The van der Waals surface area contributed by atoms with Gasteiger partial charge in [-0.1, -0.05) is 37.0 Å². The number of carbonyl (C=O) groups is 1. The van der Waals surface area contributed by atoms with Crippen LogP contribution in [0.15, 0.2) is 42.6 Å². The van der Waals surface area contributed by atoms with Crippen molar-refractivity contribution in [2.24, 2.45) is 0 Å². The Morgan fingerprint density at radius 2 is 1.85 bits per heavy atom. The maximum Gasteiger partial charge on any atom is 0.218 e. The molecule has 100 valence electrons. The number of aryl methyl sites for hydroxylation is 1. The summed E-state index contributed by atoms with van der Waals surface area (Å²) in [6.07, 6.45) is 3.13. The molecule has 0 atom stereocenters. The van der Waals surface area contributed by atoms with Gasteiger partial charge in [0.05, 0.1) is 7.85 Å². The lowest BCUT2D eigenvalue weighted by Crippen LogP contribution is -2.13. The van der Waals surface area contributed by atoms with Gasteiger partial charge in [0.1, 0.15) is 11.4 Å². The number of rotatable bonds is 6. The van der Waals surface area contributed by atoms with Crippen LogP contribution in [0.25, 0.3) is 0 Å². The third-order valence-electron chi connectivity index (χ3n) is 3.05. The molecule has 0 N–H and O–H groups in total. The van der Waals surface area contributed by atoms with Gasteiger partial charge in [-0.05, 0) is 30.2 Å². The molecule has 0 aliphatic heterocycles.